The van der Waals surface area contributed by atoms with Crippen molar-refractivity contribution < 1.29 is 4.39 Å². The molecule has 0 aliphatic carbocycles. The van der Waals surface area contributed by atoms with Crippen molar-refractivity contribution in [1.82, 2.24) is 4.90 Å². The summed E-state index contributed by atoms with van der Waals surface area (Å²) in [5, 5.41) is 0. The van der Waals surface area contributed by atoms with E-state index >= 15 is 0 Å². The van der Waals surface area contributed by atoms with Gasteiger partial charge in [-0.1, -0.05) is 18.2 Å². The van der Waals surface area contributed by atoms with E-state index in [2.05, 4.69) is 4.90 Å². The molecular formula is C12H17FN2. The number of hydrogen-bond acceptors (Lipinski definition) is 2. The Morgan fingerprint density at radius 3 is 2.87 bits per heavy atom. The van der Waals surface area contributed by atoms with Gasteiger partial charge in [-0.2, -0.15) is 0 Å². The molecule has 1 aliphatic heterocycles. The van der Waals surface area contributed by atoms with Crippen LogP contribution in [0.15, 0.2) is 24.3 Å². The lowest BCUT2D eigenvalue weighted by Gasteiger charge is -2.15. The third kappa shape index (κ3) is 2.55. The van der Waals surface area contributed by atoms with Gasteiger partial charge in [0.2, 0.25) is 0 Å². The molecule has 0 amide bonds. The Labute approximate surface area is 89.9 Å². The number of likely N-dealkylation sites (tertiary alicyclic amines) is 1. The summed E-state index contributed by atoms with van der Waals surface area (Å²) in [6, 6.07) is 6.98. The fourth-order valence-corrected chi connectivity index (χ4v) is 2.12. The molecule has 1 saturated heterocycles. The summed E-state index contributed by atoms with van der Waals surface area (Å²) in [5.74, 6) is 0.491. The van der Waals surface area contributed by atoms with Crippen molar-refractivity contribution in [2.75, 3.05) is 19.6 Å². The standard InChI is InChI=1S/C12H17FN2/c13-12-4-2-1-3-11(12)9-15-6-5-10(7-14)8-15/h1-4,10H,5-9,14H2. The van der Waals surface area contributed by atoms with Gasteiger partial charge in [-0.25, -0.2) is 4.39 Å². The lowest BCUT2D eigenvalue weighted by atomic mass is 10.1. The predicted octanol–water partition coefficient (Wildman–Crippen LogP) is 1.61. The molecule has 2 N–H and O–H groups in total. The first-order valence-electron chi connectivity index (χ1n) is 5.45. The van der Waals surface area contributed by atoms with E-state index in [-0.39, 0.29) is 5.82 Å². The molecule has 0 spiro atoms. The van der Waals surface area contributed by atoms with E-state index < -0.39 is 0 Å². The van der Waals surface area contributed by atoms with Gasteiger partial charge in [-0.05, 0) is 31.5 Å². The molecule has 1 unspecified atom stereocenters. The summed E-state index contributed by atoms with van der Waals surface area (Å²) in [4.78, 5) is 2.27. The number of rotatable bonds is 3. The molecule has 0 aromatic heterocycles. The maximum atomic E-state index is 13.4. The monoisotopic (exact) mass is 208 g/mol. The first kappa shape index (κ1) is 10.6. The Kier molecular flexibility index (Phi) is 3.34. The first-order chi connectivity index (χ1) is 7.29. The van der Waals surface area contributed by atoms with Gasteiger partial charge < -0.3 is 5.73 Å². The van der Waals surface area contributed by atoms with Gasteiger partial charge in [0.1, 0.15) is 5.82 Å². The fraction of sp³-hybridized carbons (Fsp3) is 0.500. The van der Waals surface area contributed by atoms with E-state index in [4.69, 9.17) is 5.73 Å². The maximum Gasteiger partial charge on any atom is 0.127 e. The number of nitrogens with zero attached hydrogens (tertiary/aromatic N) is 1. The molecule has 2 rings (SSSR count). The number of hydrogen-bond donors (Lipinski definition) is 1. The summed E-state index contributed by atoms with van der Waals surface area (Å²) in [7, 11) is 0. The summed E-state index contributed by atoms with van der Waals surface area (Å²) in [6.07, 6.45) is 1.14. The van der Waals surface area contributed by atoms with Gasteiger partial charge in [0.25, 0.3) is 0 Å². The number of benzene rings is 1. The molecule has 2 nitrogen and oxygen atoms in total. The van der Waals surface area contributed by atoms with E-state index in [1.54, 1.807) is 6.07 Å². The van der Waals surface area contributed by atoms with E-state index in [9.17, 15) is 4.39 Å². The molecule has 3 heteroatoms. The van der Waals surface area contributed by atoms with Crippen LogP contribution in [0.3, 0.4) is 0 Å². The molecule has 0 radical (unpaired) electrons. The van der Waals surface area contributed by atoms with Crippen LogP contribution < -0.4 is 5.73 Å². The second-order valence-corrected chi connectivity index (χ2v) is 4.22. The quantitative estimate of drug-likeness (QED) is 0.817. The average Bonchev–Trinajstić information content (AvgIpc) is 2.69. The minimum atomic E-state index is -0.103. The van der Waals surface area contributed by atoms with Crippen molar-refractivity contribution in [3.8, 4) is 0 Å². The van der Waals surface area contributed by atoms with Gasteiger partial charge in [0.05, 0.1) is 0 Å². The van der Waals surface area contributed by atoms with Gasteiger partial charge in [0, 0.05) is 18.7 Å². The summed E-state index contributed by atoms with van der Waals surface area (Å²) < 4.78 is 13.4. The Hall–Kier alpha value is -0.930. The zero-order valence-electron chi connectivity index (χ0n) is 8.82. The van der Waals surface area contributed by atoms with Gasteiger partial charge in [-0.3, -0.25) is 4.90 Å². The minimum Gasteiger partial charge on any atom is -0.330 e. The maximum absolute atomic E-state index is 13.4. The molecule has 15 heavy (non-hydrogen) atoms. The normalized spacial score (nSPS) is 22.1. The highest BCUT2D eigenvalue weighted by Crippen LogP contribution is 2.18. The molecule has 82 valence electrons. The fourth-order valence-electron chi connectivity index (χ4n) is 2.12. The summed E-state index contributed by atoms with van der Waals surface area (Å²) in [6.45, 7) is 3.50. The number of halogens is 1. The van der Waals surface area contributed by atoms with Crippen molar-refractivity contribution in [3.63, 3.8) is 0 Å². The molecule has 1 atom stereocenters. The lowest BCUT2D eigenvalue weighted by molar-refractivity contribution is 0.312. The molecule has 1 fully saturated rings. The Morgan fingerprint density at radius 1 is 1.40 bits per heavy atom. The lowest BCUT2D eigenvalue weighted by Crippen LogP contribution is -2.23. The molecule has 0 bridgehead atoms. The summed E-state index contributed by atoms with van der Waals surface area (Å²) >= 11 is 0. The van der Waals surface area contributed by atoms with Crippen LogP contribution in [-0.2, 0) is 6.54 Å². The second-order valence-electron chi connectivity index (χ2n) is 4.22. The number of nitrogens with two attached hydrogens (primary N) is 1. The highest BCUT2D eigenvalue weighted by atomic mass is 19.1. The Morgan fingerprint density at radius 2 is 2.20 bits per heavy atom. The van der Waals surface area contributed by atoms with Crippen LogP contribution in [-0.4, -0.2) is 24.5 Å². The van der Waals surface area contributed by atoms with Crippen molar-refractivity contribution in [2.24, 2.45) is 11.7 Å². The van der Waals surface area contributed by atoms with Crippen molar-refractivity contribution >= 4 is 0 Å². The molecular weight excluding hydrogens is 191 g/mol. The minimum absolute atomic E-state index is 0.103. The van der Waals surface area contributed by atoms with Crippen LogP contribution in [0.2, 0.25) is 0 Å². The zero-order chi connectivity index (χ0) is 10.7. The highest BCUT2D eigenvalue weighted by molar-refractivity contribution is 5.17. The van der Waals surface area contributed by atoms with Crippen molar-refractivity contribution in [1.29, 1.82) is 0 Å². The van der Waals surface area contributed by atoms with E-state index in [1.165, 1.54) is 6.07 Å². The smallest absolute Gasteiger partial charge is 0.127 e. The Bertz CT molecular complexity index is 327. The zero-order valence-corrected chi connectivity index (χ0v) is 8.82. The molecule has 1 aliphatic rings. The third-order valence-electron chi connectivity index (χ3n) is 3.06. The van der Waals surface area contributed by atoms with Crippen molar-refractivity contribution in [2.45, 2.75) is 13.0 Å². The first-order valence-corrected chi connectivity index (χ1v) is 5.45. The third-order valence-corrected chi connectivity index (χ3v) is 3.06. The topological polar surface area (TPSA) is 29.3 Å². The van der Waals surface area contributed by atoms with Gasteiger partial charge in [-0.15, -0.1) is 0 Å². The van der Waals surface area contributed by atoms with Crippen LogP contribution in [0.4, 0.5) is 4.39 Å². The highest BCUT2D eigenvalue weighted by Gasteiger charge is 2.21. The second kappa shape index (κ2) is 4.73. The van der Waals surface area contributed by atoms with Crippen LogP contribution in [0.5, 0.6) is 0 Å². The predicted molar refractivity (Wildman–Crippen MR) is 58.8 cm³/mol. The average molecular weight is 208 g/mol. The summed E-state index contributed by atoms with van der Waals surface area (Å²) in [5.41, 5.74) is 6.41. The molecule has 1 aromatic rings. The van der Waals surface area contributed by atoms with E-state index in [0.29, 0.717) is 12.5 Å². The SMILES string of the molecule is NCC1CCN(Cc2ccccc2F)C1. The Balaban J connectivity index is 1.96. The van der Waals surface area contributed by atoms with Crippen molar-refractivity contribution in [3.05, 3.63) is 35.6 Å². The van der Waals surface area contributed by atoms with Crippen LogP contribution in [0.25, 0.3) is 0 Å². The van der Waals surface area contributed by atoms with Crippen LogP contribution >= 0.6 is 0 Å². The van der Waals surface area contributed by atoms with E-state index in [1.807, 2.05) is 12.1 Å². The van der Waals surface area contributed by atoms with Gasteiger partial charge >= 0.3 is 0 Å². The van der Waals surface area contributed by atoms with Crippen LogP contribution in [0.1, 0.15) is 12.0 Å². The van der Waals surface area contributed by atoms with Crippen LogP contribution in [0, 0.1) is 11.7 Å². The van der Waals surface area contributed by atoms with E-state index in [0.717, 1.165) is 31.6 Å². The largest absolute Gasteiger partial charge is 0.330 e. The molecule has 0 saturated carbocycles. The molecule has 1 aromatic carbocycles. The van der Waals surface area contributed by atoms with Gasteiger partial charge in [0.15, 0.2) is 0 Å². The molecule has 1 heterocycles.